The van der Waals surface area contributed by atoms with Gasteiger partial charge in [-0.15, -0.1) is 11.3 Å². The zero-order chi connectivity index (χ0) is 19.4. The van der Waals surface area contributed by atoms with Crippen LogP contribution in [0.4, 0.5) is 5.00 Å². The van der Waals surface area contributed by atoms with E-state index in [1.807, 2.05) is 30.5 Å². The van der Waals surface area contributed by atoms with Gasteiger partial charge in [0.15, 0.2) is 0 Å². The average Bonchev–Trinajstić information content (AvgIpc) is 3.32. The Morgan fingerprint density at radius 1 is 1.33 bits per heavy atom. The molecule has 3 rings (SSSR count). The number of amides is 1. The zero-order valence-electron chi connectivity index (χ0n) is 15.7. The summed E-state index contributed by atoms with van der Waals surface area (Å²) in [5.74, 6) is -0.0523. The van der Waals surface area contributed by atoms with Crippen LogP contribution in [-0.2, 0) is 14.3 Å². The van der Waals surface area contributed by atoms with Crippen molar-refractivity contribution >= 4 is 28.2 Å². The van der Waals surface area contributed by atoms with Gasteiger partial charge in [0.05, 0.1) is 13.7 Å². The summed E-state index contributed by atoms with van der Waals surface area (Å²) in [6.07, 6.45) is 1.07. The summed E-state index contributed by atoms with van der Waals surface area (Å²) >= 11 is 1.29. The molecule has 144 valence electrons. The van der Waals surface area contributed by atoms with Gasteiger partial charge < -0.3 is 19.5 Å². The number of carbonyl (C=O) groups excluding carboxylic acids is 2. The minimum absolute atomic E-state index is 0.234. The summed E-state index contributed by atoms with van der Waals surface area (Å²) in [6.45, 7) is 4.55. The molecule has 1 unspecified atom stereocenters. The lowest BCUT2D eigenvalue weighted by Crippen LogP contribution is -2.27. The van der Waals surface area contributed by atoms with Crippen molar-refractivity contribution in [3.8, 4) is 16.9 Å². The highest BCUT2D eigenvalue weighted by Crippen LogP contribution is 2.40. The second kappa shape index (κ2) is 8.54. The fraction of sp³-hybridized carbons (Fsp3) is 0.400. The number of hydrogen-bond acceptors (Lipinski definition) is 6. The SMILES string of the molecule is CCOC(=O)c1c(-c2cc(C)ccc2OC)csc1NC(=O)C1CCCO1. The Morgan fingerprint density at radius 3 is 2.81 bits per heavy atom. The number of esters is 1. The molecule has 0 aliphatic carbocycles. The molecule has 1 saturated heterocycles. The Bertz CT molecular complexity index is 839. The van der Waals surface area contributed by atoms with E-state index in [1.54, 1.807) is 14.0 Å². The van der Waals surface area contributed by atoms with Gasteiger partial charge in [0, 0.05) is 23.1 Å². The molecule has 0 saturated carbocycles. The van der Waals surface area contributed by atoms with Gasteiger partial charge >= 0.3 is 5.97 Å². The van der Waals surface area contributed by atoms with Gasteiger partial charge in [0.1, 0.15) is 22.4 Å². The van der Waals surface area contributed by atoms with E-state index in [-0.39, 0.29) is 12.5 Å². The maximum absolute atomic E-state index is 12.7. The molecule has 1 aliphatic heterocycles. The minimum atomic E-state index is -0.473. The van der Waals surface area contributed by atoms with Crippen LogP contribution in [0.2, 0.25) is 0 Å². The number of nitrogens with one attached hydrogen (secondary N) is 1. The Hall–Kier alpha value is -2.38. The fourth-order valence-corrected chi connectivity index (χ4v) is 4.01. The Morgan fingerprint density at radius 2 is 2.15 bits per heavy atom. The number of methoxy groups -OCH3 is 1. The lowest BCUT2D eigenvalue weighted by molar-refractivity contribution is -0.124. The molecule has 1 atom stereocenters. The molecule has 2 heterocycles. The van der Waals surface area contributed by atoms with E-state index >= 15 is 0 Å². The highest BCUT2D eigenvalue weighted by Gasteiger charge is 2.28. The predicted octanol–water partition coefficient (Wildman–Crippen LogP) is 4.03. The first-order chi connectivity index (χ1) is 13.0. The van der Waals surface area contributed by atoms with Gasteiger partial charge in [0.2, 0.25) is 0 Å². The van der Waals surface area contributed by atoms with E-state index < -0.39 is 12.1 Å². The van der Waals surface area contributed by atoms with Crippen molar-refractivity contribution in [3.63, 3.8) is 0 Å². The van der Waals surface area contributed by atoms with Gasteiger partial charge in [-0.1, -0.05) is 11.6 Å². The highest BCUT2D eigenvalue weighted by atomic mass is 32.1. The van der Waals surface area contributed by atoms with Crippen molar-refractivity contribution in [2.75, 3.05) is 25.6 Å². The van der Waals surface area contributed by atoms with E-state index in [9.17, 15) is 9.59 Å². The normalized spacial score (nSPS) is 16.2. The maximum Gasteiger partial charge on any atom is 0.341 e. The molecule has 7 heteroatoms. The van der Waals surface area contributed by atoms with Crippen molar-refractivity contribution in [2.24, 2.45) is 0 Å². The molecule has 0 spiro atoms. The monoisotopic (exact) mass is 389 g/mol. The average molecular weight is 389 g/mol. The highest BCUT2D eigenvalue weighted by molar-refractivity contribution is 7.15. The molecule has 1 aliphatic rings. The molecule has 2 aromatic rings. The molecular formula is C20H23NO5S. The third-order valence-corrected chi connectivity index (χ3v) is 5.27. The standard InChI is InChI=1S/C20H23NO5S/c1-4-25-20(23)17-14(13-10-12(2)7-8-15(13)24-3)11-27-19(17)21-18(22)16-6-5-9-26-16/h7-8,10-11,16H,4-6,9H2,1-3H3,(H,21,22). The number of anilines is 1. The predicted molar refractivity (Wildman–Crippen MR) is 105 cm³/mol. The van der Waals surface area contributed by atoms with E-state index in [2.05, 4.69) is 5.32 Å². The number of thiophene rings is 1. The summed E-state index contributed by atoms with van der Waals surface area (Å²) in [5, 5.41) is 5.15. The molecule has 1 N–H and O–H groups in total. The first-order valence-electron chi connectivity index (χ1n) is 8.91. The summed E-state index contributed by atoms with van der Waals surface area (Å²) in [4.78, 5) is 25.1. The van der Waals surface area contributed by atoms with E-state index in [1.165, 1.54) is 11.3 Å². The van der Waals surface area contributed by atoms with Gasteiger partial charge in [-0.05, 0) is 38.8 Å². The van der Waals surface area contributed by atoms with Crippen LogP contribution in [0.3, 0.4) is 0 Å². The largest absolute Gasteiger partial charge is 0.496 e. The van der Waals surface area contributed by atoms with Crippen LogP contribution in [0, 0.1) is 6.92 Å². The van der Waals surface area contributed by atoms with E-state index in [0.717, 1.165) is 17.5 Å². The van der Waals surface area contributed by atoms with Gasteiger partial charge in [-0.2, -0.15) is 0 Å². The van der Waals surface area contributed by atoms with Gasteiger partial charge in [-0.3, -0.25) is 4.79 Å². The Kier molecular flexibility index (Phi) is 6.13. The minimum Gasteiger partial charge on any atom is -0.496 e. The quantitative estimate of drug-likeness (QED) is 0.755. The first kappa shape index (κ1) is 19.4. The van der Waals surface area contributed by atoms with Crippen molar-refractivity contribution in [3.05, 3.63) is 34.7 Å². The molecular weight excluding hydrogens is 366 g/mol. The molecule has 1 fully saturated rings. The van der Waals surface area contributed by atoms with Crippen LogP contribution in [0.5, 0.6) is 5.75 Å². The van der Waals surface area contributed by atoms with E-state index in [4.69, 9.17) is 14.2 Å². The summed E-state index contributed by atoms with van der Waals surface area (Å²) < 4.78 is 16.1. The van der Waals surface area contributed by atoms with E-state index in [0.29, 0.717) is 34.9 Å². The van der Waals surface area contributed by atoms with Gasteiger partial charge in [0.25, 0.3) is 5.91 Å². The van der Waals surface area contributed by atoms with Crippen molar-refractivity contribution < 1.29 is 23.8 Å². The Balaban J connectivity index is 2.02. The number of aryl methyl sites for hydroxylation is 1. The third kappa shape index (κ3) is 4.14. The molecule has 1 aromatic heterocycles. The summed E-state index contributed by atoms with van der Waals surface area (Å²) in [7, 11) is 1.59. The molecule has 1 amide bonds. The van der Waals surface area contributed by atoms with Crippen molar-refractivity contribution in [1.29, 1.82) is 0 Å². The van der Waals surface area contributed by atoms with Crippen LogP contribution in [0.1, 0.15) is 35.7 Å². The molecule has 0 radical (unpaired) electrons. The lowest BCUT2D eigenvalue weighted by atomic mass is 10.0. The fourth-order valence-electron chi connectivity index (χ4n) is 3.06. The van der Waals surface area contributed by atoms with Crippen LogP contribution in [0.25, 0.3) is 11.1 Å². The Labute approximate surface area is 162 Å². The molecule has 0 bridgehead atoms. The van der Waals surface area contributed by atoms with Gasteiger partial charge in [-0.25, -0.2) is 4.79 Å². The second-order valence-electron chi connectivity index (χ2n) is 6.27. The smallest absolute Gasteiger partial charge is 0.341 e. The topological polar surface area (TPSA) is 73.9 Å². The number of rotatable bonds is 6. The molecule has 1 aromatic carbocycles. The van der Waals surface area contributed by atoms with Crippen LogP contribution in [0.15, 0.2) is 23.6 Å². The van der Waals surface area contributed by atoms with Crippen LogP contribution >= 0.6 is 11.3 Å². The molecule has 6 nitrogen and oxygen atoms in total. The van der Waals surface area contributed by atoms with Crippen LogP contribution < -0.4 is 10.1 Å². The number of benzene rings is 1. The number of hydrogen-bond donors (Lipinski definition) is 1. The van der Waals surface area contributed by atoms with Crippen molar-refractivity contribution in [2.45, 2.75) is 32.8 Å². The third-order valence-electron chi connectivity index (χ3n) is 4.37. The lowest BCUT2D eigenvalue weighted by Gasteiger charge is -2.13. The number of ether oxygens (including phenoxy) is 3. The summed E-state index contributed by atoms with van der Waals surface area (Å²) in [6, 6.07) is 5.76. The molecule has 27 heavy (non-hydrogen) atoms. The number of carbonyl (C=O) groups is 2. The van der Waals surface area contributed by atoms with Crippen LogP contribution in [-0.4, -0.2) is 38.3 Å². The zero-order valence-corrected chi connectivity index (χ0v) is 16.5. The summed E-state index contributed by atoms with van der Waals surface area (Å²) in [5.41, 5.74) is 2.85. The first-order valence-corrected chi connectivity index (χ1v) is 9.79. The second-order valence-corrected chi connectivity index (χ2v) is 7.15. The maximum atomic E-state index is 12.7. The van der Waals surface area contributed by atoms with Crippen molar-refractivity contribution in [1.82, 2.24) is 0 Å².